The molecule has 1 aliphatic carbocycles. The first kappa shape index (κ1) is 17.7. The van der Waals surface area contributed by atoms with Crippen molar-refractivity contribution < 1.29 is 9.53 Å². The minimum atomic E-state index is 0.00147. The van der Waals surface area contributed by atoms with E-state index in [0.29, 0.717) is 6.54 Å². The summed E-state index contributed by atoms with van der Waals surface area (Å²) in [6.45, 7) is 2.82. The molecule has 136 valence electrons. The van der Waals surface area contributed by atoms with Crippen molar-refractivity contribution in [2.45, 2.75) is 38.6 Å². The number of hydrogen-bond acceptors (Lipinski definition) is 4. The predicted molar refractivity (Wildman–Crippen MR) is 98.7 cm³/mol. The first-order chi connectivity index (χ1) is 12.3. The van der Waals surface area contributed by atoms with Crippen LogP contribution >= 0.6 is 0 Å². The lowest BCUT2D eigenvalue weighted by atomic mass is 9.89. The summed E-state index contributed by atoms with van der Waals surface area (Å²) < 4.78 is 7.09. The SMILES string of the molecule is COc1ccc2ncn(CC(=O)NCCNCC3CCCCC3)c2c1. The molecule has 6 nitrogen and oxygen atoms in total. The van der Waals surface area contributed by atoms with Crippen molar-refractivity contribution in [3.63, 3.8) is 0 Å². The lowest BCUT2D eigenvalue weighted by Crippen LogP contribution is -2.35. The maximum Gasteiger partial charge on any atom is 0.240 e. The van der Waals surface area contributed by atoms with Gasteiger partial charge in [0, 0.05) is 19.2 Å². The average molecular weight is 344 g/mol. The lowest BCUT2D eigenvalue weighted by Gasteiger charge is -2.21. The van der Waals surface area contributed by atoms with Crippen LogP contribution in [0.2, 0.25) is 0 Å². The molecule has 2 N–H and O–H groups in total. The van der Waals surface area contributed by atoms with Crippen LogP contribution in [-0.4, -0.2) is 42.2 Å². The van der Waals surface area contributed by atoms with Crippen LogP contribution in [0, 0.1) is 5.92 Å². The third kappa shape index (κ3) is 4.95. The van der Waals surface area contributed by atoms with Gasteiger partial charge in [-0.3, -0.25) is 4.79 Å². The minimum absolute atomic E-state index is 0.00147. The van der Waals surface area contributed by atoms with E-state index in [1.807, 2.05) is 22.8 Å². The Kier molecular flexibility index (Phi) is 6.28. The first-order valence-corrected chi connectivity index (χ1v) is 9.22. The molecule has 0 atom stereocenters. The lowest BCUT2D eigenvalue weighted by molar-refractivity contribution is -0.121. The van der Waals surface area contributed by atoms with Crippen LogP contribution in [0.5, 0.6) is 5.75 Å². The van der Waals surface area contributed by atoms with Gasteiger partial charge in [0.2, 0.25) is 5.91 Å². The van der Waals surface area contributed by atoms with E-state index in [0.717, 1.165) is 35.8 Å². The van der Waals surface area contributed by atoms with E-state index in [9.17, 15) is 4.79 Å². The molecule has 0 radical (unpaired) electrons. The second-order valence-electron chi connectivity index (χ2n) is 6.79. The van der Waals surface area contributed by atoms with Crippen molar-refractivity contribution in [1.82, 2.24) is 20.2 Å². The van der Waals surface area contributed by atoms with Gasteiger partial charge in [-0.1, -0.05) is 19.3 Å². The van der Waals surface area contributed by atoms with Crippen LogP contribution in [0.3, 0.4) is 0 Å². The fourth-order valence-electron chi connectivity index (χ4n) is 3.49. The van der Waals surface area contributed by atoms with Crippen molar-refractivity contribution in [2.75, 3.05) is 26.7 Å². The van der Waals surface area contributed by atoms with Gasteiger partial charge in [-0.2, -0.15) is 0 Å². The van der Waals surface area contributed by atoms with Crippen molar-refractivity contribution in [2.24, 2.45) is 5.92 Å². The molecule has 3 rings (SSSR count). The van der Waals surface area contributed by atoms with E-state index in [1.54, 1.807) is 13.4 Å². The maximum atomic E-state index is 12.2. The van der Waals surface area contributed by atoms with Gasteiger partial charge < -0.3 is 19.9 Å². The van der Waals surface area contributed by atoms with Crippen molar-refractivity contribution in [1.29, 1.82) is 0 Å². The van der Waals surface area contributed by atoms with Crippen LogP contribution in [-0.2, 0) is 11.3 Å². The van der Waals surface area contributed by atoms with E-state index < -0.39 is 0 Å². The van der Waals surface area contributed by atoms with Gasteiger partial charge in [0.1, 0.15) is 12.3 Å². The zero-order valence-electron chi connectivity index (χ0n) is 15.0. The third-order valence-corrected chi connectivity index (χ3v) is 4.92. The minimum Gasteiger partial charge on any atom is -0.497 e. The summed E-state index contributed by atoms with van der Waals surface area (Å²) in [7, 11) is 1.63. The summed E-state index contributed by atoms with van der Waals surface area (Å²) in [5.74, 6) is 1.58. The van der Waals surface area contributed by atoms with Crippen LogP contribution in [0.1, 0.15) is 32.1 Å². The van der Waals surface area contributed by atoms with Crippen LogP contribution in [0.25, 0.3) is 11.0 Å². The molecule has 0 unspecified atom stereocenters. The molecule has 2 aromatic rings. The molecule has 1 heterocycles. The number of nitrogens with zero attached hydrogens (tertiary/aromatic N) is 2. The van der Waals surface area contributed by atoms with E-state index >= 15 is 0 Å². The van der Waals surface area contributed by atoms with E-state index in [4.69, 9.17) is 4.74 Å². The van der Waals surface area contributed by atoms with Crippen LogP contribution < -0.4 is 15.4 Å². The highest BCUT2D eigenvalue weighted by Crippen LogP contribution is 2.22. The predicted octanol–water partition coefficient (Wildman–Crippen LogP) is 2.33. The van der Waals surface area contributed by atoms with Gasteiger partial charge in [-0.05, 0) is 37.4 Å². The summed E-state index contributed by atoms with van der Waals surface area (Å²) in [4.78, 5) is 16.5. The number of fused-ring (bicyclic) bond motifs is 1. The van der Waals surface area contributed by atoms with E-state index in [1.165, 1.54) is 32.1 Å². The van der Waals surface area contributed by atoms with Gasteiger partial charge in [0.25, 0.3) is 0 Å². The van der Waals surface area contributed by atoms with E-state index in [2.05, 4.69) is 15.6 Å². The zero-order valence-corrected chi connectivity index (χ0v) is 15.0. The number of carbonyl (C=O) groups is 1. The second-order valence-corrected chi connectivity index (χ2v) is 6.79. The Morgan fingerprint density at radius 3 is 2.92 bits per heavy atom. The molecule has 1 aromatic heterocycles. The summed E-state index contributed by atoms with van der Waals surface area (Å²) in [6.07, 6.45) is 8.51. The van der Waals surface area contributed by atoms with Gasteiger partial charge >= 0.3 is 0 Å². The monoisotopic (exact) mass is 344 g/mol. The highest BCUT2D eigenvalue weighted by Gasteiger charge is 2.12. The topological polar surface area (TPSA) is 68.2 Å². The van der Waals surface area contributed by atoms with Crippen molar-refractivity contribution in [3.05, 3.63) is 24.5 Å². The van der Waals surface area contributed by atoms with Crippen LogP contribution in [0.4, 0.5) is 0 Å². The Balaban J connectivity index is 1.40. The van der Waals surface area contributed by atoms with Crippen molar-refractivity contribution in [3.8, 4) is 5.75 Å². The molecular formula is C19H28N4O2. The molecular weight excluding hydrogens is 316 g/mol. The van der Waals surface area contributed by atoms with Crippen molar-refractivity contribution >= 4 is 16.9 Å². The molecule has 1 saturated carbocycles. The number of methoxy groups -OCH3 is 1. The Hall–Kier alpha value is -2.08. The first-order valence-electron chi connectivity index (χ1n) is 9.22. The number of aromatic nitrogens is 2. The summed E-state index contributed by atoms with van der Waals surface area (Å²) in [5, 5.41) is 6.43. The smallest absolute Gasteiger partial charge is 0.240 e. The third-order valence-electron chi connectivity index (χ3n) is 4.92. The number of nitrogens with one attached hydrogen (secondary N) is 2. The number of imidazole rings is 1. The average Bonchev–Trinajstić information content (AvgIpc) is 3.04. The fourth-order valence-corrected chi connectivity index (χ4v) is 3.49. The molecule has 6 heteroatoms. The molecule has 0 aliphatic heterocycles. The number of hydrogen-bond donors (Lipinski definition) is 2. The summed E-state index contributed by atoms with van der Waals surface area (Å²) in [5.41, 5.74) is 1.77. The normalized spacial score (nSPS) is 15.4. The molecule has 1 aliphatic rings. The highest BCUT2D eigenvalue weighted by atomic mass is 16.5. The Labute approximate surface area is 149 Å². The number of carbonyl (C=O) groups excluding carboxylic acids is 1. The number of amides is 1. The number of ether oxygens (including phenoxy) is 1. The number of rotatable bonds is 8. The summed E-state index contributed by atoms with van der Waals surface area (Å²) >= 11 is 0. The Bertz CT molecular complexity index is 692. The molecule has 0 bridgehead atoms. The standard InChI is InChI=1S/C19H28N4O2/c1-25-16-7-8-17-18(11-16)23(14-22-17)13-19(24)21-10-9-20-12-15-5-3-2-4-6-15/h7-8,11,14-15,20H,2-6,9-10,12-13H2,1H3,(H,21,24). The Morgan fingerprint density at radius 2 is 2.12 bits per heavy atom. The van der Waals surface area contributed by atoms with Gasteiger partial charge in [-0.25, -0.2) is 4.98 Å². The Morgan fingerprint density at radius 1 is 1.28 bits per heavy atom. The quantitative estimate of drug-likeness (QED) is 0.721. The molecule has 25 heavy (non-hydrogen) atoms. The molecule has 0 spiro atoms. The number of benzene rings is 1. The van der Waals surface area contributed by atoms with Gasteiger partial charge in [0.05, 0.1) is 24.5 Å². The second kappa shape index (κ2) is 8.85. The molecule has 1 fully saturated rings. The molecule has 1 aromatic carbocycles. The van der Waals surface area contributed by atoms with Gasteiger partial charge in [0.15, 0.2) is 0 Å². The summed E-state index contributed by atoms with van der Waals surface area (Å²) in [6, 6.07) is 5.68. The highest BCUT2D eigenvalue weighted by molar-refractivity contribution is 5.81. The zero-order chi connectivity index (χ0) is 17.5. The van der Waals surface area contributed by atoms with Gasteiger partial charge in [-0.15, -0.1) is 0 Å². The maximum absolute atomic E-state index is 12.2. The van der Waals surface area contributed by atoms with E-state index in [-0.39, 0.29) is 12.5 Å². The van der Waals surface area contributed by atoms with Crippen LogP contribution in [0.15, 0.2) is 24.5 Å². The fraction of sp³-hybridized carbons (Fsp3) is 0.579. The largest absolute Gasteiger partial charge is 0.497 e. The molecule has 1 amide bonds. The molecule has 0 saturated heterocycles.